The fourth-order valence-electron chi connectivity index (χ4n) is 1.11. The Kier molecular flexibility index (Phi) is 5.26. The van der Waals surface area contributed by atoms with Gasteiger partial charge in [0.1, 0.15) is 6.61 Å². The molecule has 1 amide bonds. The predicted molar refractivity (Wildman–Crippen MR) is 74.3 cm³/mol. The molecule has 1 aromatic carbocycles. The van der Waals surface area contributed by atoms with Crippen LogP contribution in [0.5, 0.6) is 0 Å². The predicted octanol–water partition coefficient (Wildman–Crippen LogP) is 3.67. The lowest BCUT2D eigenvalue weighted by Crippen LogP contribution is -2.41. The Hall–Kier alpha value is -0.970. The van der Waals surface area contributed by atoms with Crippen LogP contribution in [-0.4, -0.2) is 18.2 Å². The quantitative estimate of drug-likeness (QED) is 0.889. The summed E-state index contributed by atoms with van der Waals surface area (Å²) in [5.41, 5.74) is 5.81. The molecular weight excluding hydrogens is 275 g/mol. The molecule has 4 nitrogen and oxygen atoms in total. The fourth-order valence-corrected chi connectivity index (χ4v) is 1.64. The van der Waals surface area contributed by atoms with Crippen LogP contribution in [0.3, 0.4) is 0 Å². The van der Waals surface area contributed by atoms with Gasteiger partial charge >= 0.3 is 6.09 Å². The Bertz CT molecular complexity index is 416. The van der Waals surface area contributed by atoms with Gasteiger partial charge in [0.25, 0.3) is 0 Å². The van der Waals surface area contributed by atoms with Crippen LogP contribution in [-0.2, 0) is 4.74 Å². The van der Waals surface area contributed by atoms with Crippen LogP contribution in [0.25, 0.3) is 0 Å². The zero-order valence-electron chi connectivity index (χ0n) is 10.3. The minimum atomic E-state index is -0.585. The maximum Gasteiger partial charge on any atom is 0.411 e. The maximum absolute atomic E-state index is 11.5. The number of amides is 1. The lowest BCUT2D eigenvalue weighted by atomic mass is 10.0. The Morgan fingerprint density at radius 3 is 2.44 bits per heavy atom. The summed E-state index contributed by atoms with van der Waals surface area (Å²) in [6, 6.07) is 4.74. The first-order valence-corrected chi connectivity index (χ1v) is 6.27. The molecular formula is C12H16Cl2N2O2. The second-order valence-corrected chi connectivity index (χ2v) is 5.24. The number of carbonyl (C=O) groups is 1. The van der Waals surface area contributed by atoms with E-state index in [1.54, 1.807) is 18.2 Å². The van der Waals surface area contributed by atoms with Gasteiger partial charge in [-0.3, -0.25) is 5.32 Å². The van der Waals surface area contributed by atoms with Gasteiger partial charge in [0.2, 0.25) is 0 Å². The Labute approximate surface area is 116 Å². The van der Waals surface area contributed by atoms with Gasteiger partial charge in [0, 0.05) is 21.3 Å². The largest absolute Gasteiger partial charge is 0.447 e. The highest BCUT2D eigenvalue weighted by atomic mass is 35.5. The highest BCUT2D eigenvalue weighted by Gasteiger charge is 2.18. The van der Waals surface area contributed by atoms with Crippen LogP contribution < -0.4 is 11.1 Å². The average molecular weight is 291 g/mol. The van der Waals surface area contributed by atoms with Crippen molar-refractivity contribution in [2.75, 3.05) is 11.9 Å². The SMILES string of the molecule is CCC(C)(N)COC(=O)Nc1cc(Cl)cc(Cl)c1. The average Bonchev–Trinajstić information content (AvgIpc) is 2.25. The minimum Gasteiger partial charge on any atom is -0.447 e. The lowest BCUT2D eigenvalue weighted by Gasteiger charge is -2.22. The van der Waals surface area contributed by atoms with E-state index in [1.807, 2.05) is 13.8 Å². The summed E-state index contributed by atoms with van der Waals surface area (Å²) >= 11 is 11.6. The van der Waals surface area contributed by atoms with Crippen LogP contribution in [0.2, 0.25) is 10.0 Å². The molecule has 1 rings (SSSR count). The molecule has 1 unspecified atom stereocenters. The molecule has 0 aliphatic rings. The third-order valence-corrected chi connectivity index (χ3v) is 2.89. The van der Waals surface area contributed by atoms with Gasteiger partial charge < -0.3 is 10.5 Å². The molecule has 0 bridgehead atoms. The first kappa shape index (κ1) is 15.1. The standard InChI is InChI=1S/C12H16Cl2N2O2/c1-3-12(2,15)7-18-11(17)16-10-5-8(13)4-9(14)6-10/h4-6H,3,7,15H2,1-2H3,(H,16,17). The summed E-state index contributed by atoms with van der Waals surface area (Å²) in [7, 11) is 0. The molecule has 18 heavy (non-hydrogen) atoms. The first-order valence-electron chi connectivity index (χ1n) is 5.51. The van der Waals surface area contributed by atoms with Crippen molar-refractivity contribution in [2.45, 2.75) is 25.8 Å². The van der Waals surface area contributed by atoms with Gasteiger partial charge in [-0.25, -0.2) is 4.79 Å². The van der Waals surface area contributed by atoms with Gasteiger partial charge in [-0.15, -0.1) is 0 Å². The van der Waals surface area contributed by atoms with Crippen molar-refractivity contribution in [2.24, 2.45) is 5.73 Å². The Balaban J connectivity index is 2.55. The topological polar surface area (TPSA) is 64.3 Å². The molecule has 0 saturated carbocycles. The third-order valence-electron chi connectivity index (χ3n) is 2.45. The number of hydrogen-bond donors (Lipinski definition) is 2. The van der Waals surface area contributed by atoms with Gasteiger partial charge in [0.05, 0.1) is 0 Å². The van der Waals surface area contributed by atoms with Crippen LogP contribution >= 0.6 is 23.2 Å². The Morgan fingerprint density at radius 2 is 1.94 bits per heavy atom. The monoisotopic (exact) mass is 290 g/mol. The summed E-state index contributed by atoms with van der Waals surface area (Å²) in [6.45, 7) is 3.89. The van der Waals surface area contributed by atoms with Gasteiger partial charge in [-0.1, -0.05) is 30.1 Å². The highest BCUT2D eigenvalue weighted by Crippen LogP contribution is 2.22. The van der Waals surface area contributed by atoms with Crippen molar-refractivity contribution in [3.8, 4) is 0 Å². The van der Waals surface area contributed by atoms with Crippen molar-refractivity contribution in [1.29, 1.82) is 0 Å². The van der Waals surface area contributed by atoms with E-state index in [0.717, 1.165) is 0 Å². The number of anilines is 1. The smallest absolute Gasteiger partial charge is 0.411 e. The number of halogens is 2. The lowest BCUT2D eigenvalue weighted by molar-refractivity contribution is 0.132. The van der Waals surface area contributed by atoms with Gasteiger partial charge in [0.15, 0.2) is 0 Å². The molecule has 3 N–H and O–H groups in total. The maximum atomic E-state index is 11.5. The fraction of sp³-hybridized carbons (Fsp3) is 0.417. The second kappa shape index (κ2) is 6.27. The summed E-state index contributed by atoms with van der Waals surface area (Å²) < 4.78 is 5.02. The second-order valence-electron chi connectivity index (χ2n) is 4.37. The zero-order chi connectivity index (χ0) is 13.8. The normalized spacial score (nSPS) is 13.8. The van der Waals surface area contributed by atoms with E-state index in [9.17, 15) is 4.79 Å². The van der Waals surface area contributed by atoms with E-state index in [1.165, 1.54) is 0 Å². The highest BCUT2D eigenvalue weighted by molar-refractivity contribution is 6.35. The number of hydrogen-bond acceptors (Lipinski definition) is 3. The van der Waals surface area contributed by atoms with Crippen LogP contribution in [0.1, 0.15) is 20.3 Å². The van der Waals surface area contributed by atoms with Crippen LogP contribution in [0.15, 0.2) is 18.2 Å². The number of rotatable bonds is 4. The van der Waals surface area contributed by atoms with Gasteiger partial charge in [-0.05, 0) is 31.5 Å². The molecule has 1 atom stereocenters. The molecule has 0 fully saturated rings. The van der Waals surface area contributed by atoms with E-state index in [2.05, 4.69) is 5.32 Å². The molecule has 0 aliphatic carbocycles. The first-order chi connectivity index (χ1) is 8.32. The number of nitrogens with one attached hydrogen (secondary N) is 1. The molecule has 100 valence electrons. The van der Waals surface area contributed by atoms with E-state index >= 15 is 0 Å². The molecule has 0 spiro atoms. The van der Waals surface area contributed by atoms with E-state index in [-0.39, 0.29) is 6.61 Å². The number of ether oxygens (including phenoxy) is 1. The molecule has 0 heterocycles. The minimum absolute atomic E-state index is 0.142. The van der Waals surface area contributed by atoms with Crippen molar-refractivity contribution in [1.82, 2.24) is 0 Å². The summed E-state index contributed by atoms with van der Waals surface area (Å²) in [5, 5.41) is 3.41. The number of carbonyl (C=O) groups excluding carboxylic acids is 1. The van der Waals surface area contributed by atoms with Crippen molar-refractivity contribution >= 4 is 35.0 Å². The summed E-state index contributed by atoms with van der Waals surface area (Å²) in [5.74, 6) is 0. The zero-order valence-corrected chi connectivity index (χ0v) is 11.8. The van der Waals surface area contributed by atoms with Gasteiger partial charge in [-0.2, -0.15) is 0 Å². The van der Waals surface area contributed by atoms with Crippen molar-refractivity contribution in [3.05, 3.63) is 28.2 Å². The van der Waals surface area contributed by atoms with Crippen molar-refractivity contribution < 1.29 is 9.53 Å². The molecule has 0 aliphatic heterocycles. The van der Waals surface area contributed by atoms with E-state index in [4.69, 9.17) is 33.7 Å². The number of benzene rings is 1. The van der Waals surface area contributed by atoms with Crippen molar-refractivity contribution in [3.63, 3.8) is 0 Å². The summed E-state index contributed by atoms with van der Waals surface area (Å²) in [6.07, 6.45) is 0.127. The van der Waals surface area contributed by atoms with Crippen LogP contribution in [0.4, 0.5) is 10.5 Å². The summed E-state index contributed by atoms with van der Waals surface area (Å²) in [4.78, 5) is 11.5. The molecule has 0 saturated heterocycles. The van der Waals surface area contributed by atoms with E-state index < -0.39 is 11.6 Å². The van der Waals surface area contributed by atoms with E-state index in [0.29, 0.717) is 22.2 Å². The molecule has 0 radical (unpaired) electrons. The molecule has 1 aromatic rings. The number of nitrogens with two attached hydrogens (primary N) is 1. The molecule has 0 aromatic heterocycles. The molecule has 6 heteroatoms. The van der Waals surface area contributed by atoms with Crippen LogP contribution in [0, 0.1) is 0 Å². The third kappa shape index (κ3) is 5.12. The Morgan fingerprint density at radius 1 is 1.39 bits per heavy atom.